The van der Waals surface area contributed by atoms with Crippen LogP contribution in [0.3, 0.4) is 0 Å². The number of hydrogen-bond donors (Lipinski definition) is 0. The molecule has 2 heterocycles. The van der Waals surface area contributed by atoms with Gasteiger partial charge in [0, 0.05) is 13.2 Å². The zero-order valence-electron chi connectivity index (χ0n) is 19.8. The topological polar surface area (TPSA) is 54.0 Å². The molecule has 0 saturated carbocycles. The molecule has 2 saturated heterocycles. The minimum atomic E-state index is -0.618. The third-order valence-corrected chi connectivity index (χ3v) is 7.22. The fourth-order valence-corrected chi connectivity index (χ4v) is 4.39. The predicted molar refractivity (Wildman–Crippen MR) is 126 cm³/mol. The van der Waals surface area contributed by atoms with Crippen molar-refractivity contribution in [1.29, 1.82) is 0 Å². The van der Waals surface area contributed by atoms with Crippen LogP contribution in [0.5, 0.6) is 0 Å². The lowest BCUT2D eigenvalue weighted by Gasteiger charge is -2.35. The Bertz CT molecular complexity index is 927. The van der Waals surface area contributed by atoms with Gasteiger partial charge in [-0.05, 0) is 69.6 Å². The second-order valence-electron chi connectivity index (χ2n) is 9.70. The zero-order chi connectivity index (χ0) is 23.0. The highest BCUT2D eigenvalue weighted by Crippen LogP contribution is 2.38. The van der Waals surface area contributed by atoms with Gasteiger partial charge in [-0.2, -0.15) is 0 Å². The summed E-state index contributed by atoms with van der Waals surface area (Å²) in [5.41, 5.74) is 2.88. The molecule has 0 aromatic heterocycles. The van der Waals surface area contributed by atoms with E-state index in [0.29, 0.717) is 32.7 Å². The average Bonchev–Trinajstić information content (AvgIpc) is 3.01. The molecule has 0 aliphatic carbocycles. The van der Waals surface area contributed by atoms with Crippen LogP contribution in [0, 0.1) is 0 Å². The Morgan fingerprint density at radius 1 is 0.875 bits per heavy atom. The van der Waals surface area contributed by atoms with E-state index in [2.05, 4.69) is 76.2 Å². The van der Waals surface area contributed by atoms with Gasteiger partial charge in [-0.25, -0.2) is 0 Å². The van der Waals surface area contributed by atoms with Crippen molar-refractivity contribution in [1.82, 2.24) is 0 Å². The van der Waals surface area contributed by atoms with Crippen LogP contribution in [0.1, 0.15) is 53.0 Å². The highest BCUT2D eigenvalue weighted by atomic mass is 16.7. The van der Waals surface area contributed by atoms with Crippen LogP contribution < -0.4 is 5.46 Å². The highest BCUT2D eigenvalue weighted by Gasteiger charge is 2.51. The molecule has 0 radical (unpaired) electrons. The molecule has 0 amide bonds. The van der Waals surface area contributed by atoms with Crippen LogP contribution in [0.2, 0.25) is 0 Å². The van der Waals surface area contributed by atoms with Gasteiger partial charge in [0.05, 0.1) is 23.2 Å². The summed E-state index contributed by atoms with van der Waals surface area (Å²) in [6, 6.07) is 16.6. The first-order chi connectivity index (χ1) is 15.2. The maximum atomic E-state index is 12.8. The molecule has 2 aromatic rings. The van der Waals surface area contributed by atoms with Gasteiger partial charge < -0.3 is 18.8 Å². The van der Waals surface area contributed by atoms with Gasteiger partial charge in [0.1, 0.15) is 0 Å². The van der Waals surface area contributed by atoms with E-state index in [9.17, 15) is 4.79 Å². The van der Waals surface area contributed by atoms with E-state index >= 15 is 0 Å². The van der Waals surface area contributed by atoms with Crippen LogP contribution in [-0.4, -0.2) is 44.1 Å². The van der Waals surface area contributed by atoms with Crippen LogP contribution in [-0.2, 0) is 29.0 Å². The molecule has 0 spiro atoms. The number of rotatable bonds is 5. The van der Waals surface area contributed by atoms with Gasteiger partial charge >= 0.3 is 13.1 Å². The molecule has 0 bridgehead atoms. The lowest BCUT2D eigenvalue weighted by molar-refractivity contribution is -0.154. The van der Waals surface area contributed by atoms with Crippen molar-refractivity contribution in [2.75, 3.05) is 19.8 Å². The van der Waals surface area contributed by atoms with E-state index in [1.807, 2.05) is 6.92 Å². The van der Waals surface area contributed by atoms with Crippen molar-refractivity contribution in [3.63, 3.8) is 0 Å². The summed E-state index contributed by atoms with van der Waals surface area (Å²) < 4.78 is 23.3. The number of esters is 1. The first-order valence-electron chi connectivity index (χ1n) is 11.5. The van der Waals surface area contributed by atoms with Crippen molar-refractivity contribution in [2.24, 2.45) is 0 Å². The Morgan fingerprint density at radius 3 is 1.88 bits per heavy atom. The molecule has 0 atom stereocenters. The first-order valence-corrected chi connectivity index (χ1v) is 11.5. The Kier molecular flexibility index (Phi) is 6.23. The van der Waals surface area contributed by atoms with Gasteiger partial charge in [0.2, 0.25) is 0 Å². The number of ether oxygens (including phenoxy) is 2. The first kappa shape index (κ1) is 23.0. The number of benzene rings is 2. The Labute approximate surface area is 191 Å². The number of carbonyl (C=O) groups is 1. The summed E-state index contributed by atoms with van der Waals surface area (Å²) >= 11 is 0. The van der Waals surface area contributed by atoms with Gasteiger partial charge in [-0.3, -0.25) is 4.79 Å². The van der Waals surface area contributed by atoms with E-state index in [1.165, 1.54) is 0 Å². The van der Waals surface area contributed by atoms with E-state index in [0.717, 1.165) is 22.2 Å². The number of carbonyl (C=O) groups excluding carboxylic acids is 1. The molecule has 5 nitrogen and oxygen atoms in total. The third kappa shape index (κ3) is 4.12. The molecule has 2 aliphatic rings. The largest absolute Gasteiger partial charge is 0.494 e. The summed E-state index contributed by atoms with van der Waals surface area (Å²) in [5.74, 6) is -0.150. The van der Waals surface area contributed by atoms with Gasteiger partial charge in [-0.15, -0.1) is 0 Å². The van der Waals surface area contributed by atoms with E-state index in [-0.39, 0.29) is 24.3 Å². The van der Waals surface area contributed by atoms with Crippen molar-refractivity contribution in [2.45, 2.75) is 64.1 Å². The summed E-state index contributed by atoms with van der Waals surface area (Å²) in [6.45, 7) is 11.6. The Morgan fingerprint density at radius 2 is 1.38 bits per heavy atom. The molecule has 2 aliphatic heterocycles. The lowest BCUT2D eigenvalue weighted by Crippen LogP contribution is -2.42. The average molecular weight is 436 g/mol. The van der Waals surface area contributed by atoms with Gasteiger partial charge in [-0.1, -0.05) is 48.5 Å². The van der Waals surface area contributed by atoms with Gasteiger partial charge in [0.15, 0.2) is 0 Å². The molecule has 2 fully saturated rings. The summed E-state index contributed by atoms with van der Waals surface area (Å²) in [4.78, 5) is 12.8. The second kappa shape index (κ2) is 8.66. The molecular weight excluding hydrogens is 403 g/mol. The minimum absolute atomic E-state index is 0.150. The fourth-order valence-electron chi connectivity index (χ4n) is 4.39. The normalized spacial score (nSPS) is 21.3. The molecule has 2 aromatic carbocycles. The van der Waals surface area contributed by atoms with Crippen LogP contribution in [0.4, 0.5) is 0 Å². The molecule has 0 N–H and O–H groups in total. The molecule has 6 heteroatoms. The van der Waals surface area contributed by atoms with Crippen molar-refractivity contribution >= 4 is 18.6 Å². The monoisotopic (exact) mass is 436 g/mol. The summed E-state index contributed by atoms with van der Waals surface area (Å²) in [5, 5.41) is 0. The maximum Gasteiger partial charge on any atom is 0.494 e. The maximum absolute atomic E-state index is 12.8. The smallest absolute Gasteiger partial charge is 0.465 e. The predicted octanol–water partition coefficient (Wildman–Crippen LogP) is 4.26. The molecule has 170 valence electrons. The lowest BCUT2D eigenvalue weighted by atomic mass is 9.74. The molecule has 32 heavy (non-hydrogen) atoms. The molecular formula is C26H33BO5. The third-order valence-electron chi connectivity index (χ3n) is 7.22. The number of hydrogen-bond acceptors (Lipinski definition) is 5. The van der Waals surface area contributed by atoms with E-state index in [4.69, 9.17) is 18.8 Å². The van der Waals surface area contributed by atoms with Crippen LogP contribution >= 0.6 is 0 Å². The molecule has 0 unspecified atom stereocenters. The van der Waals surface area contributed by atoms with Crippen LogP contribution in [0.15, 0.2) is 48.5 Å². The fraction of sp³-hybridized carbons (Fsp3) is 0.500. The Hall–Kier alpha value is -2.15. The van der Waals surface area contributed by atoms with Crippen molar-refractivity contribution in [3.8, 4) is 11.1 Å². The van der Waals surface area contributed by atoms with Crippen molar-refractivity contribution in [3.05, 3.63) is 54.1 Å². The Balaban J connectivity index is 1.54. The van der Waals surface area contributed by atoms with Crippen molar-refractivity contribution < 1.29 is 23.6 Å². The minimum Gasteiger partial charge on any atom is -0.465 e. The van der Waals surface area contributed by atoms with E-state index in [1.54, 1.807) is 0 Å². The SMILES string of the molecule is CCOC(=O)C1(c2ccc(-c3ccc(B4OC(C)(C)C(C)(C)O4)cc3)cc2)CCOCC1. The quantitative estimate of drug-likeness (QED) is 0.518. The van der Waals surface area contributed by atoms with Crippen LogP contribution in [0.25, 0.3) is 11.1 Å². The zero-order valence-corrected chi connectivity index (χ0v) is 19.8. The molecule has 4 rings (SSSR count). The summed E-state index contributed by atoms with van der Waals surface area (Å²) in [6.07, 6.45) is 1.29. The van der Waals surface area contributed by atoms with Gasteiger partial charge in [0.25, 0.3) is 0 Å². The highest BCUT2D eigenvalue weighted by molar-refractivity contribution is 6.62. The summed E-state index contributed by atoms with van der Waals surface area (Å²) in [7, 11) is -0.366. The van der Waals surface area contributed by atoms with E-state index < -0.39 is 5.41 Å². The second-order valence-corrected chi connectivity index (χ2v) is 9.70. The standard InChI is InChI=1S/C26H33BO5/c1-6-30-23(28)26(15-17-29-18-16-26)21-11-7-19(8-12-21)20-9-13-22(14-10-20)27-31-24(2,3)25(4,5)32-27/h7-14H,6,15-18H2,1-5H3.